The zero-order valence-corrected chi connectivity index (χ0v) is 58.4. The molecule has 0 spiro atoms. The van der Waals surface area contributed by atoms with E-state index in [0.29, 0.717) is 61.2 Å². The van der Waals surface area contributed by atoms with Gasteiger partial charge in [-0.2, -0.15) is 18.4 Å². The maximum atomic E-state index is 13.9. The number of hydrogen-bond donors (Lipinski definition) is 1. The first-order chi connectivity index (χ1) is 44.4. The molecule has 12 unspecified atom stereocenters. The van der Waals surface area contributed by atoms with Gasteiger partial charge in [-0.25, -0.2) is 4.79 Å². The molecule has 522 valence electrons. The van der Waals surface area contributed by atoms with Crippen LogP contribution in [0.1, 0.15) is 259 Å². The number of fused-ring (bicyclic) bond motifs is 1. The van der Waals surface area contributed by atoms with E-state index < -0.39 is 70.3 Å². The van der Waals surface area contributed by atoms with E-state index in [-0.39, 0.29) is 47.1 Å². The Morgan fingerprint density at radius 1 is 0.734 bits per heavy atom. The monoisotopic (exact) mass is 1310 g/mol. The van der Waals surface area contributed by atoms with Gasteiger partial charge in [-0.15, -0.1) is 0 Å². The summed E-state index contributed by atoms with van der Waals surface area (Å²) in [6.45, 7) is 23.2. The second-order valence-electron chi connectivity index (χ2n) is 31.8. The van der Waals surface area contributed by atoms with E-state index in [2.05, 4.69) is 51.1 Å². The molecule has 0 aromatic heterocycles. The lowest BCUT2D eigenvalue weighted by Gasteiger charge is -2.62. The number of carbonyl (C=O) groups excluding carboxylic acids is 5. The summed E-state index contributed by atoms with van der Waals surface area (Å²) in [5.41, 5.74) is -3.38. The number of halogens is 3. The van der Waals surface area contributed by atoms with E-state index in [1.807, 2.05) is 41.5 Å². The average molecular weight is 1310 g/mol. The molecule has 0 radical (unpaired) electrons. The summed E-state index contributed by atoms with van der Waals surface area (Å²) in [5.74, 6) is 4.59. The van der Waals surface area contributed by atoms with Crippen LogP contribution in [0.4, 0.5) is 13.2 Å². The van der Waals surface area contributed by atoms with Gasteiger partial charge in [0.2, 0.25) is 0 Å². The number of aliphatic hydroxyl groups is 1. The van der Waals surface area contributed by atoms with Gasteiger partial charge in [-0.1, -0.05) is 117 Å². The van der Waals surface area contributed by atoms with Crippen molar-refractivity contribution in [3.63, 3.8) is 0 Å². The molecule has 2 aromatic rings. The molecular formula is C77H110F3NO13. The number of esters is 5. The maximum Gasteiger partial charge on any atom is 0.421 e. The average Bonchev–Trinajstić information content (AvgIpc) is 1.30. The highest BCUT2D eigenvalue weighted by molar-refractivity contribution is 5.85. The van der Waals surface area contributed by atoms with Crippen LogP contribution in [0.5, 0.6) is 5.75 Å². The molecule has 1 heterocycles. The van der Waals surface area contributed by atoms with Crippen LogP contribution >= 0.6 is 0 Å². The Balaban J connectivity index is 0.000000151. The number of benzene rings is 2. The van der Waals surface area contributed by atoms with Crippen molar-refractivity contribution < 1.29 is 75.4 Å². The molecule has 17 heteroatoms. The zero-order chi connectivity index (χ0) is 68.3. The molecule has 0 amide bonds. The molecule has 10 bridgehead atoms. The summed E-state index contributed by atoms with van der Waals surface area (Å²) >= 11 is 0. The van der Waals surface area contributed by atoms with Crippen LogP contribution in [-0.4, -0.2) is 84.0 Å². The van der Waals surface area contributed by atoms with Gasteiger partial charge in [0.1, 0.15) is 29.2 Å². The Kier molecular flexibility index (Phi) is 22.9. The van der Waals surface area contributed by atoms with Gasteiger partial charge in [0, 0.05) is 18.3 Å². The molecule has 1 aliphatic heterocycles. The number of ether oxygens (including phenoxy) is 7. The van der Waals surface area contributed by atoms with Gasteiger partial charge in [-0.05, 0) is 226 Å². The molecule has 12 fully saturated rings. The van der Waals surface area contributed by atoms with E-state index in [1.54, 1.807) is 26.0 Å². The van der Waals surface area contributed by atoms with Gasteiger partial charge >= 0.3 is 36.0 Å². The van der Waals surface area contributed by atoms with E-state index in [1.165, 1.54) is 101 Å². The Morgan fingerprint density at radius 3 is 1.83 bits per heavy atom. The van der Waals surface area contributed by atoms with Crippen molar-refractivity contribution >= 4 is 29.8 Å². The molecule has 14 nitrogen and oxygen atoms in total. The molecule has 94 heavy (non-hydrogen) atoms. The quantitative estimate of drug-likeness (QED) is 0.0704. The lowest BCUT2D eigenvalue weighted by Crippen LogP contribution is -2.63. The van der Waals surface area contributed by atoms with Crippen molar-refractivity contribution in [2.75, 3.05) is 13.2 Å². The van der Waals surface area contributed by atoms with Crippen LogP contribution in [0.2, 0.25) is 0 Å². The van der Waals surface area contributed by atoms with Crippen LogP contribution < -0.4 is 4.74 Å². The highest BCUT2D eigenvalue weighted by atomic mass is 19.4. The highest BCUT2D eigenvalue weighted by Gasteiger charge is 2.72. The Labute approximate surface area is 557 Å². The van der Waals surface area contributed by atoms with Crippen molar-refractivity contribution in [3.8, 4) is 11.8 Å². The van der Waals surface area contributed by atoms with E-state index in [0.717, 1.165) is 81.1 Å². The zero-order valence-electron chi connectivity index (χ0n) is 58.4. The Hall–Kier alpha value is -5.21. The predicted octanol–water partition coefficient (Wildman–Crippen LogP) is 16.9. The summed E-state index contributed by atoms with van der Waals surface area (Å²) in [6.07, 6.45) is 18.9. The van der Waals surface area contributed by atoms with Gasteiger partial charge in [-0.3, -0.25) is 19.2 Å². The highest BCUT2D eigenvalue weighted by Crippen LogP contribution is 2.66. The van der Waals surface area contributed by atoms with Gasteiger partial charge in [0.05, 0.1) is 29.4 Å². The number of alkyl halides is 3. The second kappa shape index (κ2) is 29.5. The first-order valence-corrected chi connectivity index (χ1v) is 36.1. The molecule has 11 saturated carbocycles. The summed E-state index contributed by atoms with van der Waals surface area (Å²) in [7, 11) is 0. The number of hydrogen-bond acceptors (Lipinski definition) is 14. The first-order valence-electron chi connectivity index (χ1n) is 36.1. The lowest BCUT2D eigenvalue weighted by molar-refractivity contribution is -0.258. The SMILES string of the molecule is CCC(C)(C)C(=O)OCC(=O)OC1C2CC3C1OC(=O)C3(C#N)C2.CCC(C)C(=O)OC12CC3CC(C1)CC(C(=O)OC1(C)C4CC5CC(C4)CC1C5)(C3)C2.CCC(C)c1ccc(C(C)(O)C(F)(F)F)cc1.CCC(C)c1ccc(OC(C)OCCC2CCCCC2)cc1. The van der Waals surface area contributed by atoms with Crippen molar-refractivity contribution in [2.24, 2.45) is 75.4 Å². The van der Waals surface area contributed by atoms with Crippen LogP contribution in [0.15, 0.2) is 48.5 Å². The van der Waals surface area contributed by atoms with Crippen LogP contribution in [-0.2, 0) is 58.0 Å². The minimum Gasteiger partial charge on any atom is -0.465 e. The van der Waals surface area contributed by atoms with Crippen molar-refractivity contribution in [3.05, 3.63) is 65.2 Å². The van der Waals surface area contributed by atoms with Crippen LogP contribution in [0.25, 0.3) is 0 Å². The molecule has 11 aliphatic carbocycles. The maximum absolute atomic E-state index is 13.9. The fraction of sp³-hybridized carbons (Fsp3) is 0.766. The van der Waals surface area contributed by atoms with Crippen LogP contribution in [0, 0.1) is 86.8 Å². The van der Waals surface area contributed by atoms with Crippen molar-refractivity contribution in [2.45, 2.75) is 284 Å². The summed E-state index contributed by atoms with van der Waals surface area (Å²) in [6, 6.07) is 16.5. The normalized spacial score (nSPS) is 34.1. The number of carbonyl (C=O) groups is 5. The summed E-state index contributed by atoms with van der Waals surface area (Å²) < 4.78 is 78.1. The molecule has 1 saturated heterocycles. The van der Waals surface area contributed by atoms with Gasteiger partial charge in [0.15, 0.2) is 23.9 Å². The lowest BCUT2D eigenvalue weighted by atomic mass is 9.47. The summed E-state index contributed by atoms with van der Waals surface area (Å²) in [5, 5.41) is 18.8. The fourth-order valence-corrected chi connectivity index (χ4v) is 18.3. The van der Waals surface area contributed by atoms with E-state index in [9.17, 15) is 47.5 Å². The molecular weight excluding hydrogens is 1200 g/mol. The molecule has 12 atom stereocenters. The third-order valence-corrected chi connectivity index (χ3v) is 24.8. The van der Waals surface area contributed by atoms with Crippen molar-refractivity contribution in [1.29, 1.82) is 5.26 Å². The number of nitrogens with zero attached hydrogens (tertiary/aromatic N) is 1. The Bertz CT molecular complexity index is 2940. The fourth-order valence-electron chi connectivity index (χ4n) is 18.3. The van der Waals surface area contributed by atoms with Gasteiger partial charge in [0.25, 0.3) is 0 Å². The van der Waals surface area contributed by atoms with Crippen molar-refractivity contribution in [1.82, 2.24) is 0 Å². The third-order valence-electron chi connectivity index (χ3n) is 24.8. The number of nitriles is 1. The van der Waals surface area contributed by atoms with Gasteiger partial charge < -0.3 is 38.3 Å². The molecule has 2 aromatic carbocycles. The third kappa shape index (κ3) is 15.7. The minimum absolute atomic E-state index is 0.0561. The van der Waals surface area contributed by atoms with E-state index >= 15 is 0 Å². The van der Waals surface area contributed by atoms with Crippen LogP contribution in [0.3, 0.4) is 0 Å². The topological polar surface area (TPSA) is 194 Å². The largest absolute Gasteiger partial charge is 0.465 e. The minimum atomic E-state index is -4.66. The number of rotatable bonds is 21. The molecule has 1 N–H and O–H groups in total. The standard InChI is InChI=1S/C27H40O4.C20H32O2.C17H21NO6.C13H17F3O/c1-4-16(2)23(28)30-27-13-19-6-20(14-27)12-26(11-19,15-27)24(29)31-25(3)21-7-17-5-18(9-21)10-22(25)8-17;1-4-16(2)19-10-12-20(13-11-19)22-17(3)21-15-14-18-8-6-5-7-9-18;1-4-16(2,3)14(20)22-7-11(19)23-12-9-5-10-13(12)24-15(21)17(10,6-9)8-18;1-4-9(2)10-5-7-11(8-6-10)12(3,17)13(14,15)16/h16-22H,4-15H2,1-3H3;10-13,16-18H,4-9,14-15H2,1-3H3;9-10,12-13H,4-7H2,1-3H3;5-9,17H,4H2,1-3H3. The predicted molar refractivity (Wildman–Crippen MR) is 349 cm³/mol. The molecule has 14 rings (SSSR count). The molecule has 12 aliphatic rings. The second-order valence-corrected chi connectivity index (χ2v) is 31.8. The Morgan fingerprint density at radius 2 is 1.30 bits per heavy atom. The smallest absolute Gasteiger partial charge is 0.421 e. The first kappa shape index (κ1) is 73.0. The van der Waals surface area contributed by atoms with E-state index in [4.69, 9.17) is 33.2 Å². The summed E-state index contributed by atoms with van der Waals surface area (Å²) in [4.78, 5) is 62.5.